The summed E-state index contributed by atoms with van der Waals surface area (Å²) in [6.07, 6.45) is 0. The number of carbonyl (C=O) groups is 1. The van der Waals surface area contributed by atoms with Gasteiger partial charge in [0.1, 0.15) is 5.75 Å². The maximum atomic E-state index is 11.3. The number of ether oxygens (including phenoxy) is 1. The van der Waals surface area contributed by atoms with E-state index in [1.807, 2.05) is 39.0 Å². The highest BCUT2D eigenvalue weighted by Gasteiger charge is 2.09. The molecule has 1 aromatic rings. The van der Waals surface area contributed by atoms with Crippen LogP contribution in [0, 0.1) is 6.92 Å². The molecule has 0 heterocycles. The summed E-state index contributed by atoms with van der Waals surface area (Å²) < 4.78 is 5.48. The van der Waals surface area contributed by atoms with Crippen molar-refractivity contribution in [2.75, 3.05) is 13.2 Å². The quantitative estimate of drug-likeness (QED) is 0.815. The molecule has 4 nitrogen and oxygen atoms in total. The number of amides is 1. The average molecular weight is 236 g/mol. The number of hydrogen-bond donors (Lipinski definition) is 2. The highest BCUT2D eigenvalue weighted by molar-refractivity contribution is 5.77. The van der Waals surface area contributed by atoms with Gasteiger partial charge in [-0.2, -0.15) is 0 Å². The Morgan fingerprint density at radius 1 is 1.53 bits per heavy atom. The number of likely N-dealkylation sites (N-methyl/N-ethyl adjacent to an activating group) is 1. The molecule has 0 aliphatic rings. The molecule has 0 saturated carbocycles. The predicted molar refractivity (Wildman–Crippen MR) is 68.0 cm³/mol. The molecule has 4 heteroatoms. The molecule has 3 N–H and O–H groups in total. The van der Waals surface area contributed by atoms with Crippen molar-refractivity contribution in [3.63, 3.8) is 0 Å². The third kappa shape index (κ3) is 4.07. The molecule has 0 radical (unpaired) electrons. The SMILES string of the molecule is CCNC(=O)COc1ccc(C)cc1[C@H](C)N. The van der Waals surface area contributed by atoms with Gasteiger partial charge in [0.2, 0.25) is 0 Å². The van der Waals surface area contributed by atoms with Gasteiger partial charge in [0.05, 0.1) is 0 Å². The first-order valence-electron chi connectivity index (χ1n) is 5.80. The van der Waals surface area contributed by atoms with E-state index in [1.54, 1.807) is 0 Å². The second-order valence-electron chi connectivity index (χ2n) is 4.07. The summed E-state index contributed by atoms with van der Waals surface area (Å²) in [7, 11) is 0. The molecule has 1 amide bonds. The van der Waals surface area contributed by atoms with Crippen molar-refractivity contribution in [3.8, 4) is 5.75 Å². The number of rotatable bonds is 5. The van der Waals surface area contributed by atoms with Gasteiger partial charge in [-0.15, -0.1) is 0 Å². The van der Waals surface area contributed by atoms with Crippen LogP contribution in [0.15, 0.2) is 18.2 Å². The zero-order valence-electron chi connectivity index (χ0n) is 10.6. The lowest BCUT2D eigenvalue weighted by molar-refractivity contribution is -0.122. The van der Waals surface area contributed by atoms with Crippen LogP contribution in [0.25, 0.3) is 0 Å². The lowest BCUT2D eigenvalue weighted by atomic mass is 10.1. The monoisotopic (exact) mass is 236 g/mol. The van der Waals surface area contributed by atoms with Crippen molar-refractivity contribution in [1.82, 2.24) is 5.32 Å². The summed E-state index contributed by atoms with van der Waals surface area (Å²) in [6, 6.07) is 5.67. The average Bonchev–Trinajstić information content (AvgIpc) is 2.27. The van der Waals surface area contributed by atoms with Crippen LogP contribution in [0.3, 0.4) is 0 Å². The summed E-state index contributed by atoms with van der Waals surface area (Å²) in [5, 5.41) is 2.68. The van der Waals surface area contributed by atoms with Crippen LogP contribution >= 0.6 is 0 Å². The topological polar surface area (TPSA) is 64.3 Å². The van der Waals surface area contributed by atoms with Crippen LogP contribution in [0.2, 0.25) is 0 Å². The fourth-order valence-electron chi connectivity index (χ4n) is 1.55. The Morgan fingerprint density at radius 3 is 2.82 bits per heavy atom. The normalized spacial score (nSPS) is 12.0. The largest absolute Gasteiger partial charge is 0.483 e. The van der Waals surface area contributed by atoms with E-state index in [9.17, 15) is 4.79 Å². The van der Waals surface area contributed by atoms with Crippen molar-refractivity contribution in [1.29, 1.82) is 0 Å². The minimum Gasteiger partial charge on any atom is -0.483 e. The zero-order chi connectivity index (χ0) is 12.8. The van der Waals surface area contributed by atoms with E-state index in [0.29, 0.717) is 12.3 Å². The molecular weight excluding hydrogens is 216 g/mol. The molecule has 17 heavy (non-hydrogen) atoms. The van der Waals surface area contributed by atoms with Crippen LogP contribution in [0.1, 0.15) is 31.0 Å². The van der Waals surface area contributed by atoms with Gasteiger partial charge in [0.15, 0.2) is 6.61 Å². The molecular formula is C13H20N2O2. The van der Waals surface area contributed by atoms with Gasteiger partial charge in [-0.05, 0) is 26.8 Å². The van der Waals surface area contributed by atoms with Gasteiger partial charge in [-0.3, -0.25) is 4.79 Å². The fraction of sp³-hybridized carbons (Fsp3) is 0.462. The van der Waals surface area contributed by atoms with Gasteiger partial charge in [0.25, 0.3) is 5.91 Å². The number of benzene rings is 1. The fourth-order valence-corrected chi connectivity index (χ4v) is 1.55. The van der Waals surface area contributed by atoms with Gasteiger partial charge >= 0.3 is 0 Å². The molecule has 0 saturated heterocycles. The minimum atomic E-state index is -0.122. The molecule has 1 rings (SSSR count). The van der Waals surface area contributed by atoms with Gasteiger partial charge < -0.3 is 15.8 Å². The van der Waals surface area contributed by atoms with Crippen LogP contribution in [-0.2, 0) is 4.79 Å². The molecule has 1 aromatic carbocycles. The highest BCUT2D eigenvalue weighted by atomic mass is 16.5. The Labute approximate surface area is 102 Å². The van der Waals surface area contributed by atoms with Crippen LogP contribution in [0.5, 0.6) is 5.75 Å². The lowest BCUT2D eigenvalue weighted by Gasteiger charge is -2.14. The van der Waals surface area contributed by atoms with Crippen molar-refractivity contribution in [2.45, 2.75) is 26.8 Å². The molecule has 1 atom stereocenters. The summed E-state index contributed by atoms with van der Waals surface area (Å²) >= 11 is 0. The van der Waals surface area contributed by atoms with E-state index in [4.69, 9.17) is 10.5 Å². The van der Waals surface area contributed by atoms with Crippen LogP contribution in [-0.4, -0.2) is 19.1 Å². The number of aryl methyl sites for hydroxylation is 1. The smallest absolute Gasteiger partial charge is 0.257 e. The first-order chi connectivity index (χ1) is 8.04. The van der Waals surface area contributed by atoms with E-state index in [2.05, 4.69) is 5.32 Å². The van der Waals surface area contributed by atoms with E-state index in [1.165, 1.54) is 0 Å². The third-order valence-electron chi connectivity index (χ3n) is 2.39. The lowest BCUT2D eigenvalue weighted by Crippen LogP contribution is -2.28. The number of carbonyl (C=O) groups excluding carboxylic acids is 1. The molecule has 0 fully saturated rings. The van der Waals surface area contributed by atoms with E-state index in [-0.39, 0.29) is 18.6 Å². The van der Waals surface area contributed by atoms with E-state index < -0.39 is 0 Å². The maximum absolute atomic E-state index is 11.3. The zero-order valence-corrected chi connectivity index (χ0v) is 10.6. The Morgan fingerprint density at radius 2 is 2.24 bits per heavy atom. The Kier molecular flexibility index (Phi) is 4.97. The molecule has 0 aliphatic heterocycles. The summed E-state index contributed by atoms with van der Waals surface area (Å²) in [6.45, 7) is 6.40. The Hall–Kier alpha value is -1.55. The second-order valence-corrected chi connectivity index (χ2v) is 4.07. The van der Waals surface area contributed by atoms with E-state index >= 15 is 0 Å². The third-order valence-corrected chi connectivity index (χ3v) is 2.39. The summed E-state index contributed by atoms with van der Waals surface area (Å²) in [5.74, 6) is 0.556. The van der Waals surface area contributed by atoms with Crippen molar-refractivity contribution >= 4 is 5.91 Å². The standard InChI is InChI=1S/C13H20N2O2/c1-4-15-13(16)8-17-12-6-5-9(2)7-11(12)10(3)14/h5-7,10H,4,8,14H2,1-3H3,(H,15,16)/t10-/m0/s1. The molecule has 0 aromatic heterocycles. The van der Waals surface area contributed by atoms with Crippen molar-refractivity contribution in [2.24, 2.45) is 5.73 Å². The molecule has 94 valence electrons. The summed E-state index contributed by atoms with van der Waals surface area (Å²) in [5.41, 5.74) is 7.92. The van der Waals surface area contributed by atoms with Gasteiger partial charge in [-0.25, -0.2) is 0 Å². The molecule has 0 spiro atoms. The number of nitrogens with one attached hydrogen (secondary N) is 1. The second kappa shape index (κ2) is 6.25. The summed E-state index contributed by atoms with van der Waals surface area (Å²) in [4.78, 5) is 11.3. The molecule has 0 bridgehead atoms. The molecule has 0 aliphatic carbocycles. The predicted octanol–water partition coefficient (Wildman–Crippen LogP) is 1.53. The highest BCUT2D eigenvalue weighted by Crippen LogP contribution is 2.24. The van der Waals surface area contributed by atoms with Gasteiger partial charge in [0, 0.05) is 18.2 Å². The van der Waals surface area contributed by atoms with Crippen molar-refractivity contribution < 1.29 is 9.53 Å². The first kappa shape index (κ1) is 13.5. The van der Waals surface area contributed by atoms with Crippen LogP contribution in [0.4, 0.5) is 0 Å². The van der Waals surface area contributed by atoms with Gasteiger partial charge in [-0.1, -0.05) is 17.7 Å². The van der Waals surface area contributed by atoms with Crippen LogP contribution < -0.4 is 15.8 Å². The van der Waals surface area contributed by atoms with Crippen molar-refractivity contribution in [3.05, 3.63) is 29.3 Å². The first-order valence-corrected chi connectivity index (χ1v) is 5.80. The number of hydrogen-bond acceptors (Lipinski definition) is 3. The Bertz CT molecular complexity index is 389. The minimum absolute atomic E-state index is 0.0244. The Balaban J connectivity index is 2.73. The molecule has 0 unspecified atom stereocenters. The van der Waals surface area contributed by atoms with E-state index in [0.717, 1.165) is 11.1 Å². The maximum Gasteiger partial charge on any atom is 0.257 e. The number of nitrogens with two attached hydrogens (primary N) is 1.